The lowest BCUT2D eigenvalue weighted by Crippen LogP contribution is -2.38. The average molecular weight is 313 g/mol. The van der Waals surface area contributed by atoms with Gasteiger partial charge in [0.1, 0.15) is 0 Å². The highest BCUT2D eigenvalue weighted by Crippen LogP contribution is 2.09. The lowest BCUT2D eigenvalue weighted by molar-refractivity contribution is -0.137. The van der Waals surface area contributed by atoms with E-state index in [0.717, 1.165) is 0 Å². The molecule has 0 radical (unpaired) electrons. The number of nitrogens with zero attached hydrogens (tertiary/aromatic N) is 1. The number of hydrogen-bond acceptors (Lipinski definition) is 3. The topological polar surface area (TPSA) is 86.7 Å². The Bertz CT molecular complexity index is 516. The molecular weight excluding hydrogens is 296 g/mol. The van der Waals surface area contributed by atoms with E-state index in [4.69, 9.17) is 16.7 Å². The predicted molar refractivity (Wildman–Crippen MR) is 78.3 cm³/mol. The number of carboxylic acids is 1. The van der Waals surface area contributed by atoms with E-state index < -0.39 is 5.97 Å². The highest BCUT2D eigenvalue weighted by Gasteiger charge is 2.12. The Hall–Kier alpha value is -2.08. The molecule has 0 aliphatic carbocycles. The van der Waals surface area contributed by atoms with Gasteiger partial charge in [0.25, 0.3) is 5.91 Å². The van der Waals surface area contributed by atoms with E-state index in [1.165, 1.54) is 4.90 Å². The van der Waals surface area contributed by atoms with E-state index in [1.807, 2.05) is 0 Å². The van der Waals surface area contributed by atoms with E-state index in [-0.39, 0.29) is 24.8 Å². The number of rotatable bonds is 7. The summed E-state index contributed by atoms with van der Waals surface area (Å²) >= 11 is 5.72. The highest BCUT2D eigenvalue weighted by molar-refractivity contribution is 6.30. The number of carbonyl (C=O) groups excluding carboxylic acids is 2. The Kier molecular flexibility index (Phi) is 6.68. The number of nitrogens with one attached hydrogen (secondary N) is 1. The largest absolute Gasteiger partial charge is 0.481 e. The minimum absolute atomic E-state index is 0.00868. The summed E-state index contributed by atoms with van der Waals surface area (Å²) in [4.78, 5) is 35.3. The lowest BCUT2D eigenvalue weighted by atomic mass is 10.2. The molecule has 0 bridgehead atoms. The molecule has 1 rings (SSSR count). The fourth-order valence-electron chi connectivity index (χ4n) is 1.59. The first-order chi connectivity index (χ1) is 9.90. The molecule has 114 valence electrons. The smallest absolute Gasteiger partial charge is 0.303 e. The van der Waals surface area contributed by atoms with Crippen molar-refractivity contribution in [2.45, 2.75) is 12.8 Å². The summed E-state index contributed by atoms with van der Waals surface area (Å²) in [6.07, 6.45) is 0.386. The van der Waals surface area contributed by atoms with Crippen molar-refractivity contribution in [3.05, 3.63) is 34.9 Å². The van der Waals surface area contributed by atoms with E-state index in [9.17, 15) is 14.4 Å². The number of likely N-dealkylation sites (N-methyl/N-ethyl adjacent to an activating group) is 1. The first kappa shape index (κ1) is 17.0. The van der Waals surface area contributed by atoms with Crippen LogP contribution in [0.15, 0.2) is 24.3 Å². The standard InChI is InChI=1S/C14H17ClN2O4/c1-17(8-2-3-13(19)20)12(18)9-16-14(21)10-4-6-11(15)7-5-10/h4-7H,2-3,8-9H2,1H3,(H,16,21)(H,19,20). The molecule has 0 spiro atoms. The van der Waals surface area contributed by atoms with Crippen molar-refractivity contribution in [1.82, 2.24) is 10.2 Å². The number of carbonyl (C=O) groups is 3. The first-order valence-electron chi connectivity index (χ1n) is 6.39. The van der Waals surface area contributed by atoms with Crippen LogP contribution in [-0.2, 0) is 9.59 Å². The van der Waals surface area contributed by atoms with Crippen molar-refractivity contribution >= 4 is 29.4 Å². The summed E-state index contributed by atoms with van der Waals surface area (Å²) in [5, 5.41) is 11.6. The molecule has 0 heterocycles. The van der Waals surface area contributed by atoms with Crippen molar-refractivity contribution in [3.63, 3.8) is 0 Å². The molecule has 0 atom stereocenters. The molecule has 21 heavy (non-hydrogen) atoms. The van der Waals surface area contributed by atoms with Crippen LogP contribution < -0.4 is 5.32 Å². The SMILES string of the molecule is CN(CCCC(=O)O)C(=O)CNC(=O)c1ccc(Cl)cc1. The zero-order valence-electron chi connectivity index (χ0n) is 11.6. The Balaban J connectivity index is 2.36. The van der Waals surface area contributed by atoms with Crippen LogP contribution in [0.2, 0.25) is 5.02 Å². The van der Waals surface area contributed by atoms with Gasteiger partial charge in [0.2, 0.25) is 5.91 Å². The lowest BCUT2D eigenvalue weighted by Gasteiger charge is -2.16. The maximum Gasteiger partial charge on any atom is 0.303 e. The van der Waals surface area contributed by atoms with E-state index in [0.29, 0.717) is 23.6 Å². The third-order valence-corrected chi connectivity index (χ3v) is 3.07. The number of hydrogen-bond donors (Lipinski definition) is 2. The zero-order valence-corrected chi connectivity index (χ0v) is 12.4. The summed E-state index contributed by atoms with van der Waals surface area (Å²) in [6, 6.07) is 6.32. The molecule has 0 aliphatic heterocycles. The summed E-state index contributed by atoms with van der Waals surface area (Å²) in [6.45, 7) is 0.201. The normalized spacial score (nSPS) is 10.0. The quantitative estimate of drug-likeness (QED) is 0.796. The van der Waals surface area contributed by atoms with E-state index in [2.05, 4.69) is 5.32 Å². The van der Waals surface area contributed by atoms with Crippen LogP contribution in [-0.4, -0.2) is 47.9 Å². The van der Waals surface area contributed by atoms with Crippen molar-refractivity contribution in [3.8, 4) is 0 Å². The van der Waals surface area contributed by atoms with Crippen LogP contribution in [0.25, 0.3) is 0 Å². The van der Waals surface area contributed by atoms with Gasteiger partial charge < -0.3 is 15.3 Å². The van der Waals surface area contributed by atoms with E-state index >= 15 is 0 Å². The second kappa shape index (κ2) is 8.26. The van der Waals surface area contributed by atoms with Crippen LogP contribution in [0, 0.1) is 0 Å². The van der Waals surface area contributed by atoms with Gasteiger partial charge in [-0.05, 0) is 30.7 Å². The molecule has 0 saturated heterocycles. The first-order valence-corrected chi connectivity index (χ1v) is 6.77. The number of aliphatic carboxylic acids is 1. The molecular formula is C14H17ClN2O4. The minimum atomic E-state index is -0.896. The third-order valence-electron chi connectivity index (χ3n) is 2.82. The molecule has 0 aliphatic rings. The van der Waals surface area contributed by atoms with Crippen LogP contribution in [0.5, 0.6) is 0 Å². The van der Waals surface area contributed by atoms with Crippen molar-refractivity contribution in [2.24, 2.45) is 0 Å². The minimum Gasteiger partial charge on any atom is -0.481 e. The Labute approximate surface area is 127 Å². The molecule has 6 nitrogen and oxygen atoms in total. The summed E-state index contributed by atoms with van der Waals surface area (Å²) in [7, 11) is 1.57. The zero-order chi connectivity index (χ0) is 15.8. The predicted octanol–water partition coefficient (Wildman–Crippen LogP) is 1.39. The summed E-state index contributed by atoms with van der Waals surface area (Å²) in [5.74, 6) is -1.53. The van der Waals surface area contributed by atoms with Gasteiger partial charge in [-0.25, -0.2) is 0 Å². The van der Waals surface area contributed by atoms with Crippen LogP contribution >= 0.6 is 11.6 Å². The van der Waals surface area contributed by atoms with Gasteiger partial charge in [-0.3, -0.25) is 14.4 Å². The van der Waals surface area contributed by atoms with Crippen LogP contribution in [0.4, 0.5) is 0 Å². The van der Waals surface area contributed by atoms with Gasteiger partial charge >= 0.3 is 5.97 Å². The Morgan fingerprint density at radius 3 is 2.43 bits per heavy atom. The molecule has 2 amide bonds. The fraction of sp³-hybridized carbons (Fsp3) is 0.357. The van der Waals surface area contributed by atoms with Gasteiger partial charge in [0.15, 0.2) is 0 Å². The third kappa shape index (κ3) is 6.27. The molecule has 0 unspecified atom stereocenters. The summed E-state index contributed by atoms with van der Waals surface area (Å²) < 4.78 is 0. The molecule has 2 N–H and O–H groups in total. The maximum atomic E-state index is 11.8. The van der Waals surface area contributed by atoms with Crippen molar-refractivity contribution in [1.29, 1.82) is 0 Å². The highest BCUT2D eigenvalue weighted by atomic mass is 35.5. The average Bonchev–Trinajstić information content (AvgIpc) is 2.44. The number of benzene rings is 1. The molecule has 7 heteroatoms. The number of halogens is 1. The number of amides is 2. The van der Waals surface area contributed by atoms with Crippen molar-refractivity contribution in [2.75, 3.05) is 20.1 Å². The molecule has 0 aromatic heterocycles. The molecule has 1 aromatic rings. The number of carboxylic acid groups (broad SMARTS) is 1. The fourth-order valence-corrected chi connectivity index (χ4v) is 1.71. The monoisotopic (exact) mass is 312 g/mol. The maximum absolute atomic E-state index is 11.8. The second-order valence-electron chi connectivity index (χ2n) is 4.50. The second-order valence-corrected chi connectivity index (χ2v) is 4.94. The van der Waals surface area contributed by atoms with Gasteiger partial charge in [0, 0.05) is 30.6 Å². The Morgan fingerprint density at radius 1 is 1.24 bits per heavy atom. The van der Waals surface area contributed by atoms with Crippen LogP contribution in [0.1, 0.15) is 23.2 Å². The Morgan fingerprint density at radius 2 is 1.86 bits per heavy atom. The van der Waals surface area contributed by atoms with Crippen LogP contribution in [0.3, 0.4) is 0 Å². The van der Waals surface area contributed by atoms with Gasteiger partial charge in [-0.1, -0.05) is 11.6 Å². The molecule has 0 fully saturated rings. The van der Waals surface area contributed by atoms with Gasteiger partial charge in [-0.2, -0.15) is 0 Å². The molecule has 1 aromatic carbocycles. The van der Waals surface area contributed by atoms with Gasteiger partial charge in [-0.15, -0.1) is 0 Å². The van der Waals surface area contributed by atoms with E-state index in [1.54, 1.807) is 31.3 Å². The van der Waals surface area contributed by atoms with Gasteiger partial charge in [0.05, 0.1) is 6.54 Å². The summed E-state index contributed by atoms with van der Waals surface area (Å²) in [5.41, 5.74) is 0.417. The van der Waals surface area contributed by atoms with Crippen molar-refractivity contribution < 1.29 is 19.5 Å². The molecule has 0 saturated carbocycles.